The molecule has 0 aliphatic heterocycles. The molecule has 1 aromatic carbocycles. The molecule has 15 heavy (non-hydrogen) atoms. The van der Waals surface area contributed by atoms with Gasteiger partial charge in [0.05, 0.1) is 25.2 Å². The Labute approximate surface area is 84.9 Å². The first-order chi connectivity index (χ1) is 7.10. The summed E-state index contributed by atoms with van der Waals surface area (Å²) < 4.78 is 31.1. The average Bonchev–Trinajstić information content (AvgIpc) is 2.16. The molecule has 1 rings (SSSR count). The molecule has 0 unspecified atom stereocenters. The van der Waals surface area contributed by atoms with Crippen LogP contribution in [0.4, 0.5) is 8.78 Å². The van der Waals surface area contributed by atoms with E-state index < -0.39 is 29.4 Å². The number of hydrogen-bond acceptors (Lipinski definition) is 3. The van der Waals surface area contributed by atoms with Crippen LogP contribution in [-0.2, 0) is 0 Å². The zero-order chi connectivity index (χ0) is 11.4. The van der Waals surface area contributed by atoms with Gasteiger partial charge in [-0.1, -0.05) is 0 Å². The molecule has 0 fully saturated rings. The van der Waals surface area contributed by atoms with Crippen LogP contribution in [0.5, 0.6) is 5.75 Å². The molecule has 0 atom stereocenters. The van der Waals surface area contributed by atoms with Crippen LogP contribution in [-0.4, -0.2) is 12.9 Å². The topological polar surface area (TPSA) is 50.1 Å². The Morgan fingerprint density at radius 3 is 2.40 bits per heavy atom. The van der Waals surface area contributed by atoms with Crippen molar-refractivity contribution in [1.82, 2.24) is 0 Å². The Bertz CT molecular complexity index is 415. The van der Waals surface area contributed by atoms with Crippen molar-refractivity contribution in [3.63, 3.8) is 0 Å². The van der Waals surface area contributed by atoms with Crippen LogP contribution in [0.15, 0.2) is 12.1 Å². The van der Waals surface area contributed by atoms with E-state index >= 15 is 0 Å². The van der Waals surface area contributed by atoms with E-state index in [1.807, 2.05) is 0 Å². The summed E-state index contributed by atoms with van der Waals surface area (Å²) in [6, 6.07) is 3.33. The average molecular weight is 211 g/mol. The van der Waals surface area contributed by atoms with Gasteiger partial charge in [0, 0.05) is 12.1 Å². The van der Waals surface area contributed by atoms with Crippen LogP contribution in [0.3, 0.4) is 0 Å². The molecule has 0 aromatic heterocycles. The lowest BCUT2D eigenvalue weighted by Gasteiger charge is -2.04. The third-order valence-electron chi connectivity index (χ3n) is 1.77. The van der Waals surface area contributed by atoms with E-state index in [1.54, 1.807) is 0 Å². The van der Waals surface area contributed by atoms with Crippen molar-refractivity contribution in [2.75, 3.05) is 7.11 Å². The second-order valence-corrected chi connectivity index (χ2v) is 2.72. The van der Waals surface area contributed by atoms with Crippen molar-refractivity contribution in [3.8, 4) is 11.8 Å². The zero-order valence-corrected chi connectivity index (χ0v) is 7.88. The summed E-state index contributed by atoms with van der Waals surface area (Å²) >= 11 is 0. The van der Waals surface area contributed by atoms with Crippen molar-refractivity contribution >= 4 is 5.78 Å². The van der Waals surface area contributed by atoms with Crippen LogP contribution in [0, 0.1) is 23.0 Å². The molecule has 0 saturated heterocycles. The van der Waals surface area contributed by atoms with E-state index in [1.165, 1.54) is 13.2 Å². The molecule has 0 aliphatic carbocycles. The van der Waals surface area contributed by atoms with Crippen LogP contribution >= 0.6 is 0 Å². The molecule has 0 heterocycles. The summed E-state index contributed by atoms with van der Waals surface area (Å²) in [5.74, 6) is -2.94. The van der Waals surface area contributed by atoms with Crippen LogP contribution in [0.1, 0.15) is 16.8 Å². The third kappa shape index (κ3) is 2.29. The highest BCUT2D eigenvalue weighted by Crippen LogP contribution is 2.21. The Kier molecular flexibility index (Phi) is 3.34. The van der Waals surface area contributed by atoms with Gasteiger partial charge in [0.15, 0.2) is 5.78 Å². The van der Waals surface area contributed by atoms with Gasteiger partial charge in [-0.25, -0.2) is 8.78 Å². The smallest absolute Gasteiger partial charge is 0.182 e. The highest BCUT2D eigenvalue weighted by atomic mass is 19.1. The second kappa shape index (κ2) is 4.51. The number of carbonyl (C=O) groups excluding carboxylic acids is 1. The van der Waals surface area contributed by atoms with Crippen molar-refractivity contribution in [2.45, 2.75) is 6.42 Å². The maximum atomic E-state index is 13.2. The molecular weight excluding hydrogens is 204 g/mol. The monoisotopic (exact) mass is 211 g/mol. The first-order valence-electron chi connectivity index (χ1n) is 4.03. The molecule has 0 saturated carbocycles. The zero-order valence-electron chi connectivity index (χ0n) is 7.88. The number of ketones is 1. The van der Waals surface area contributed by atoms with E-state index in [2.05, 4.69) is 4.74 Å². The van der Waals surface area contributed by atoms with Gasteiger partial charge in [-0.15, -0.1) is 0 Å². The molecule has 5 heteroatoms. The number of carbonyl (C=O) groups is 1. The lowest BCUT2D eigenvalue weighted by Crippen LogP contribution is -2.05. The predicted octanol–water partition coefficient (Wildman–Crippen LogP) is 2.07. The molecule has 3 nitrogen and oxygen atoms in total. The minimum Gasteiger partial charge on any atom is -0.497 e. The van der Waals surface area contributed by atoms with E-state index in [4.69, 9.17) is 5.26 Å². The minimum atomic E-state index is -1.02. The lowest BCUT2D eigenvalue weighted by atomic mass is 10.1. The number of ether oxygens (including phenoxy) is 1. The number of rotatable bonds is 3. The van der Waals surface area contributed by atoms with Gasteiger partial charge in [0.1, 0.15) is 17.4 Å². The molecule has 0 aliphatic rings. The van der Waals surface area contributed by atoms with E-state index in [0.717, 1.165) is 12.1 Å². The van der Waals surface area contributed by atoms with E-state index in [9.17, 15) is 13.6 Å². The Morgan fingerprint density at radius 1 is 1.47 bits per heavy atom. The van der Waals surface area contributed by atoms with Gasteiger partial charge >= 0.3 is 0 Å². The summed E-state index contributed by atoms with van der Waals surface area (Å²) in [6.45, 7) is 0. The number of methoxy groups -OCH3 is 1. The fourth-order valence-corrected chi connectivity index (χ4v) is 1.09. The normalized spacial score (nSPS) is 9.47. The molecule has 1 aromatic rings. The van der Waals surface area contributed by atoms with Crippen LogP contribution in [0.25, 0.3) is 0 Å². The molecule has 0 radical (unpaired) electrons. The quantitative estimate of drug-likeness (QED) is 0.719. The summed E-state index contributed by atoms with van der Waals surface area (Å²) in [5.41, 5.74) is -0.697. The maximum Gasteiger partial charge on any atom is 0.182 e. The third-order valence-corrected chi connectivity index (χ3v) is 1.77. The standard InChI is InChI=1S/C10H7F2NO2/c1-15-6-4-7(11)10(8(12)5-6)9(14)2-3-13/h4-5H,2H2,1H3. The molecule has 0 spiro atoms. The molecule has 0 bridgehead atoms. The predicted molar refractivity (Wildman–Crippen MR) is 47.5 cm³/mol. The largest absolute Gasteiger partial charge is 0.497 e. The molecule has 0 N–H and O–H groups in total. The van der Waals surface area contributed by atoms with Gasteiger partial charge in [0.2, 0.25) is 0 Å². The number of nitriles is 1. The van der Waals surface area contributed by atoms with Crippen molar-refractivity contribution < 1.29 is 18.3 Å². The first kappa shape index (κ1) is 11.1. The number of benzene rings is 1. The van der Waals surface area contributed by atoms with Crippen LogP contribution in [0.2, 0.25) is 0 Å². The fourth-order valence-electron chi connectivity index (χ4n) is 1.09. The SMILES string of the molecule is COc1cc(F)c(C(=O)CC#N)c(F)c1. The van der Waals surface area contributed by atoms with Crippen molar-refractivity contribution in [2.24, 2.45) is 0 Å². The van der Waals surface area contributed by atoms with E-state index in [-0.39, 0.29) is 5.75 Å². The number of Topliss-reactive ketones (excluding diaryl/α,β-unsaturated/α-hetero) is 1. The Hall–Kier alpha value is -1.96. The maximum absolute atomic E-state index is 13.2. The van der Waals surface area contributed by atoms with Crippen LogP contribution < -0.4 is 4.74 Å². The minimum absolute atomic E-state index is 0.0153. The van der Waals surface area contributed by atoms with Crippen molar-refractivity contribution in [3.05, 3.63) is 29.3 Å². The fraction of sp³-hybridized carbons (Fsp3) is 0.200. The number of nitrogens with zero attached hydrogens (tertiary/aromatic N) is 1. The Balaban J connectivity index is 3.20. The molecular formula is C10H7F2NO2. The summed E-state index contributed by atoms with van der Waals surface area (Å²) in [6.07, 6.45) is -0.555. The lowest BCUT2D eigenvalue weighted by molar-refractivity contribution is 0.0989. The van der Waals surface area contributed by atoms with Gasteiger partial charge in [-0.05, 0) is 0 Å². The number of hydrogen-bond donors (Lipinski definition) is 0. The Morgan fingerprint density at radius 2 is 2.00 bits per heavy atom. The summed E-state index contributed by atoms with van der Waals surface area (Å²) in [5, 5.41) is 8.24. The summed E-state index contributed by atoms with van der Waals surface area (Å²) in [4.78, 5) is 11.1. The van der Waals surface area contributed by atoms with Gasteiger partial charge in [0.25, 0.3) is 0 Å². The highest BCUT2D eigenvalue weighted by molar-refractivity contribution is 5.98. The van der Waals surface area contributed by atoms with Crippen molar-refractivity contribution in [1.29, 1.82) is 5.26 Å². The van der Waals surface area contributed by atoms with Gasteiger partial charge in [-0.3, -0.25) is 4.79 Å². The molecule has 0 amide bonds. The first-order valence-corrected chi connectivity index (χ1v) is 4.03. The second-order valence-electron chi connectivity index (χ2n) is 2.72. The summed E-state index contributed by atoms with van der Waals surface area (Å²) in [7, 11) is 1.25. The number of halogens is 2. The molecule has 78 valence electrons. The highest BCUT2D eigenvalue weighted by Gasteiger charge is 2.18. The van der Waals surface area contributed by atoms with E-state index in [0.29, 0.717) is 0 Å². The van der Waals surface area contributed by atoms with Gasteiger partial charge < -0.3 is 4.74 Å². The van der Waals surface area contributed by atoms with Gasteiger partial charge in [-0.2, -0.15) is 5.26 Å².